The Kier molecular flexibility index (Phi) is 5.85. The number of amides is 2. The van der Waals surface area contributed by atoms with Crippen molar-refractivity contribution >= 4 is 33.2 Å². The number of carbonyl (C=O) groups excluding carboxylic acids is 2. The quantitative estimate of drug-likeness (QED) is 0.668. The van der Waals surface area contributed by atoms with Crippen LogP contribution in [0.4, 0.5) is 11.4 Å². The van der Waals surface area contributed by atoms with Crippen molar-refractivity contribution < 1.29 is 18.0 Å². The predicted molar refractivity (Wildman–Crippen MR) is 130 cm³/mol. The highest BCUT2D eigenvalue weighted by atomic mass is 32.2. The maximum absolute atomic E-state index is 13.6. The summed E-state index contributed by atoms with van der Waals surface area (Å²) in [6, 6.07) is 12.7. The van der Waals surface area contributed by atoms with Gasteiger partial charge in [0.15, 0.2) is 0 Å². The Morgan fingerprint density at radius 2 is 1.79 bits per heavy atom. The summed E-state index contributed by atoms with van der Waals surface area (Å²) in [7, 11) is -0.717. The van der Waals surface area contributed by atoms with Crippen molar-refractivity contribution in [1.29, 1.82) is 0 Å². The molecule has 5 rings (SSSR count). The van der Waals surface area contributed by atoms with Gasteiger partial charge in [-0.2, -0.15) is 0 Å². The number of piperidine rings is 1. The van der Waals surface area contributed by atoms with Crippen LogP contribution in [0.15, 0.2) is 47.4 Å². The molecule has 2 aromatic rings. The summed E-state index contributed by atoms with van der Waals surface area (Å²) < 4.78 is 26.8. The lowest BCUT2D eigenvalue weighted by atomic mass is 9.96. The van der Waals surface area contributed by atoms with Crippen LogP contribution in [0.5, 0.6) is 0 Å². The second-order valence-electron chi connectivity index (χ2n) is 9.40. The van der Waals surface area contributed by atoms with E-state index >= 15 is 0 Å². The van der Waals surface area contributed by atoms with Gasteiger partial charge < -0.3 is 9.80 Å². The van der Waals surface area contributed by atoms with Gasteiger partial charge in [0.25, 0.3) is 0 Å². The molecule has 0 aliphatic carbocycles. The number of benzene rings is 2. The Hall–Kier alpha value is -2.91. The molecular formula is C25H30N4O4S. The van der Waals surface area contributed by atoms with Crippen molar-refractivity contribution in [3.05, 3.63) is 53.6 Å². The summed E-state index contributed by atoms with van der Waals surface area (Å²) in [5.74, 6) is -0.253. The Labute approximate surface area is 200 Å². The van der Waals surface area contributed by atoms with Gasteiger partial charge in [0.2, 0.25) is 21.8 Å². The Morgan fingerprint density at radius 3 is 2.56 bits per heavy atom. The smallest absolute Gasteiger partial charge is 0.250 e. The summed E-state index contributed by atoms with van der Waals surface area (Å²) in [5.41, 5.74) is 3.70. The Bertz CT molecular complexity index is 1240. The zero-order valence-corrected chi connectivity index (χ0v) is 20.4. The van der Waals surface area contributed by atoms with E-state index in [4.69, 9.17) is 0 Å². The van der Waals surface area contributed by atoms with Crippen LogP contribution < -0.4 is 9.80 Å². The second-order valence-corrected chi connectivity index (χ2v) is 11.6. The van der Waals surface area contributed by atoms with Gasteiger partial charge in [-0.25, -0.2) is 12.7 Å². The van der Waals surface area contributed by atoms with E-state index in [1.54, 1.807) is 23.1 Å². The third-order valence-electron chi connectivity index (χ3n) is 7.16. The summed E-state index contributed by atoms with van der Waals surface area (Å²) in [6.07, 6.45) is 3.46. The number of fused-ring (bicyclic) bond motifs is 4. The standard InChI is InChI=1S/C25H30N4O4S/c1-26(2)34(32,33)20-10-11-21-23(15-20)29(25(31)22-9-5-6-13-28(21)22)17-24(30)27-14-12-18-7-3-4-8-19(18)16-27/h3-4,7-8,10-11,15,22H,5-6,9,12-14,16-17H2,1-2H3. The average Bonchev–Trinajstić information content (AvgIpc) is 2.85. The average molecular weight is 483 g/mol. The molecule has 9 heteroatoms. The highest BCUT2D eigenvalue weighted by Crippen LogP contribution is 2.41. The molecule has 2 aromatic carbocycles. The van der Waals surface area contributed by atoms with Gasteiger partial charge in [-0.05, 0) is 55.0 Å². The number of hydrogen-bond acceptors (Lipinski definition) is 5. The molecule has 0 spiro atoms. The van der Waals surface area contributed by atoms with E-state index in [1.807, 2.05) is 18.2 Å². The van der Waals surface area contributed by atoms with Gasteiger partial charge in [0.05, 0.1) is 16.3 Å². The van der Waals surface area contributed by atoms with Gasteiger partial charge in [0.1, 0.15) is 12.6 Å². The molecule has 0 N–H and O–H groups in total. The van der Waals surface area contributed by atoms with Crippen LogP contribution in [-0.2, 0) is 32.6 Å². The van der Waals surface area contributed by atoms with Crippen LogP contribution in [0.25, 0.3) is 0 Å². The minimum absolute atomic E-state index is 0.0934. The Balaban J connectivity index is 1.49. The first-order valence-electron chi connectivity index (χ1n) is 11.8. The second kappa shape index (κ2) is 8.70. The maximum atomic E-state index is 13.6. The summed E-state index contributed by atoms with van der Waals surface area (Å²) in [6.45, 7) is 1.78. The lowest BCUT2D eigenvalue weighted by Gasteiger charge is -2.45. The van der Waals surface area contributed by atoms with E-state index in [0.717, 1.165) is 47.8 Å². The molecular weight excluding hydrogens is 452 g/mol. The zero-order valence-electron chi connectivity index (χ0n) is 19.6. The van der Waals surface area contributed by atoms with Crippen LogP contribution >= 0.6 is 0 Å². The van der Waals surface area contributed by atoms with Crippen molar-refractivity contribution in [3.8, 4) is 0 Å². The molecule has 0 saturated carbocycles. The molecule has 1 atom stereocenters. The van der Waals surface area contributed by atoms with Gasteiger partial charge >= 0.3 is 0 Å². The van der Waals surface area contributed by atoms with Crippen molar-refractivity contribution in [3.63, 3.8) is 0 Å². The fraction of sp³-hybridized carbons (Fsp3) is 0.440. The molecule has 0 aromatic heterocycles. The van der Waals surface area contributed by atoms with E-state index in [0.29, 0.717) is 18.8 Å². The van der Waals surface area contributed by atoms with Gasteiger partial charge in [-0.15, -0.1) is 0 Å². The van der Waals surface area contributed by atoms with Crippen LogP contribution in [0.3, 0.4) is 0 Å². The van der Waals surface area contributed by atoms with Crippen LogP contribution in [0.1, 0.15) is 30.4 Å². The van der Waals surface area contributed by atoms with E-state index < -0.39 is 10.0 Å². The third kappa shape index (κ3) is 3.86. The SMILES string of the molecule is CN(C)S(=O)(=O)c1ccc2c(c1)N(CC(=O)N1CCc3ccccc3C1)C(=O)C1CCCCN21. The normalized spacial score (nSPS) is 20.1. The van der Waals surface area contributed by atoms with Crippen LogP contribution in [-0.4, -0.2) is 69.2 Å². The highest BCUT2D eigenvalue weighted by molar-refractivity contribution is 7.89. The first kappa shape index (κ1) is 22.9. The van der Waals surface area contributed by atoms with Crippen molar-refractivity contribution in [2.24, 2.45) is 0 Å². The van der Waals surface area contributed by atoms with Gasteiger partial charge in [0, 0.05) is 33.7 Å². The number of anilines is 2. The van der Waals surface area contributed by atoms with Crippen LogP contribution in [0.2, 0.25) is 0 Å². The first-order chi connectivity index (χ1) is 16.3. The minimum atomic E-state index is -3.68. The number of nitrogens with zero attached hydrogens (tertiary/aromatic N) is 4. The number of carbonyl (C=O) groups is 2. The predicted octanol–water partition coefficient (Wildman–Crippen LogP) is 2.23. The maximum Gasteiger partial charge on any atom is 0.250 e. The molecule has 0 radical (unpaired) electrons. The molecule has 1 unspecified atom stereocenters. The number of rotatable bonds is 4. The van der Waals surface area contributed by atoms with Gasteiger partial charge in [-0.1, -0.05) is 24.3 Å². The summed E-state index contributed by atoms with van der Waals surface area (Å²) >= 11 is 0. The van der Waals surface area contributed by atoms with Crippen molar-refractivity contribution in [2.45, 2.75) is 43.2 Å². The molecule has 8 nitrogen and oxygen atoms in total. The fourth-order valence-corrected chi connectivity index (χ4v) is 6.14. The van der Waals surface area contributed by atoms with Crippen molar-refractivity contribution in [2.75, 3.05) is 43.5 Å². The third-order valence-corrected chi connectivity index (χ3v) is 8.97. The fourth-order valence-electron chi connectivity index (χ4n) is 5.22. The molecule has 1 saturated heterocycles. The molecule has 3 heterocycles. The zero-order chi connectivity index (χ0) is 24.0. The molecule has 1 fully saturated rings. The monoisotopic (exact) mass is 482 g/mol. The van der Waals surface area contributed by atoms with E-state index in [2.05, 4.69) is 11.0 Å². The molecule has 0 bridgehead atoms. The van der Waals surface area contributed by atoms with Gasteiger partial charge in [-0.3, -0.25) is 14.5 Å². The summed E-state index contributed by atoms with van der Waals surface area (Å²) in [5, 5.41) is 0. The molecule has 2 amide bonds. The molecule has 3 aliphatic rings. The highest BCUT2D eigenvalue weighted by Gasteiger charge is 2.41. The molecule has 180 valence electrons. The van der Waals surface area contributed by atoms with Crippen LogP contribution in [0, 0.1) is 0 Å². The number of sulfonamides is 1. The lowest BCUT2D eigenvalue weighted by Crippen LogP contribution is -2.57. The van der Waals surface area contributed by atoms with E-state index in [1.165, 1.54) is 24.6 Å². The first-order valence-corrected chi connectivity index (χ1v) is 13.2. The molecule has 3 aliphatic heterocycles. The number of hydrogen-bond donors (Lipinski definition) is 0. The Morgan fingerprint density at radius 1 is 1.03 bits per heavy atom. The molecule has 34 heavy (non-hydrogen) atoms. The van der Waals surface area contributed by atoms with Crippen molar-refractivity contribution in [1.82, 2.24) is 9.21 Å². The lowest BCUT2D eigenvalue weighted by molar-refractivity contribution is -0.132. The minimum Gasteiger partial charge on any atom is -0.358 e. The van der Waals surface area contributed by atoms with E-state index in [9.17, 15) is 18.0 Å². The largest absolute Gasteiger partial charge is 0.358 e. The summed E-state index contributed by atoms with van der Waals surface area (Å²) in [4.78, 5) is 32.5. The van der Waals surface area contributed by atoms with E-state index in [-0.39, 0.29) is 29.3 Å². The topological polar surface area (TPSA) is 81.2 Å².